The summed E-state index contributed by atoms with van der Waals surface area (Å²) in [5.41, 5.74) is 11.9. The zero-order chi connectivity index (χ0) is 23.2. The van der Waals surface area contributed by atoms with Crippen LogP contribution in [0.3, 0.4) is 0 Å². The fourth-order valence-electron chi connectivity index (χ4n) is 3.05. The highest BCUT2D eigenvalue weighted by Crippen LogP contribution is 2.26. The number of carbonyl (C=O) groups excluding carboxylic acids is 1. The lowest BCUT2D eigenvalue weighted by molar-refractivity contribution is 0.0949. The molecule has 2 aromatic carbocycles. The molecule has 33 heavy (non-hydrogen) atoms. The minimum atomic E-state index is -0.488. The normalized spacial score (nSPS) is 11.5. The van der Waals surface area contributed by atoms with Crippen LogP contribution in [0.1, 0.15) is 40.7 Å². The lowest BCUT2D eigenvalue weighted by atomic mass is 10.1. The molecule has 0 saturated heterocycles. The first-order valence-corrected chi connectivity index (χ1v) is 11.2. The second kappa shape index (κ2) is 10.1. The van der Waals surface area contributed by atoms with E-state index in [1.807, 2.05) is 68.4 Å². The van der Waals surface area contributed by atoms with Crippen molar-refractivity contribution in [2.45, 2.75) is 30.9 Å². The van der Waals surface area contributed by atoms with Gasteiger partial charge in [-0.05, 0) is 41.4 Å². The van der Waals surface area contributed by atoms with E-state index < -0.39 is 5.91 Å². The highest BCUT2D eigenvalue weighted by atomic mass is 32.2. The monoisotopic (exact) mass is 462 g/mol. The van der Waals surface area contributed by atoms with E-state index in [1.165, 1.54) is 16.4 Å². The van der Waals surface area contributed by atoms with Gasteiger partial charge in [-0.3, -0.25) is 4.79 Å². The maximum atomic E-state index is 13.0. The minimum Gasteiger partial charge on any atom is -0.378 e. The van der Waals surface area contributed by atoms with Crippen LogP contribution in [0.2, 0.25) is 0 Å². The van der Waals surface area contributed by atoms with Crippen LogP contribution in [0.4, 0.5) is 5.82 Å². The summed E-state index contributed by atoms with van der Waals surface area (Å²) in [5, 5.41) is 19.8. The van der Waals surface area contributed by atoms with Crippen LogP contribution >= 0.6 is 11.8 Å². The first-order valence-electron chi connectivity index (χ1n) is 10.2. The number of thioether (sulfide) groups is 1. The van der Waals surface area contributed by atoms with Crippen LogP contribution in [-0.4, -0.2) is 36.9 Å². The summed E-state index contributed by atoms with van der Waals surface area (Å²) >= 11 is 1.53. The number of anilines is 1. The van der Waals surface area contributed by atoms with Gasteiger partial charge in [0.1, 0.15) is 0 Å². The molecule has 0 radical (unpaired) electrons. The van der Waals surface area contributed by atoms with Gasteiger partial charge in [0, 0.05) is 10.6 Å². The van der Waals surface area contributed by atoms with Gasteiger partial charge in [0.15, 0.2) is 5.69 Å². The summed E-state index contributed by atoms with van der Waals surface area (Å²) in [5.74, 6) is 0.110. The summed E-state index contributed by atoms with van der Waals surface area (Å²) in [6.45, 7) is 4.00. The Bertz CT molecular complexity index is 1270. The maximum absolute atomic E-state index is 13.0. The Balaban J connectivity index is 1.62. The van der Waals surface area contributed by atoms with Gasteiger partial charge < -0.3 is 5.73 Å². The average Bonchev–Trinajstić information content (AvgIpc) is 3.45. The lowest BCUT2D eigenvalue weighted by Gasteiger charge is -2.07. The maximum Gasteiger partial charge on any atom is 0.293 e. The van der Waals surface area contributed by atoms with Crippen molar-refractivity contribution in [3.63, 3.8) is 0 Å². The molecule has 4 aromatic rings. The molecule has 10 nitrogen and oxygen atoms in total. The Morgan fingerprint density at radius 2 is 1.91 bits per heavy atom. The van der Waals surface area contributed by atoms with Gasteiger partial charge in [-0.2, -0.15) is 9.78 Å². The zero-order valence-electron chi connectivity index (χ0n) is 18.1. The number of hydrogen-bond acceptors (Lipinski definition) is 9. The molecule has 0 saturated carbocycles. The molecule has 0 bridgehead atoms. The quantitative estimate of drug-likeness (QED) is 0.231. The van der Waals surface area contributed by atoms with Crippen molar-refractivity contribution >= 4 is 29.2 Å². The van der Waals surface area contributed by atoms with Gasteiger partial charge in [0.05, 0.1) is 11.4 Å². The van der Waals surface area contributed by atoms with Crippen LogP contribution < -0.4 is 11.2 Å². The van der Waals surface area contributed by atoms with Crippen molar-refractivity contribution in [1.82, 2.24) is 30.7 Å². The number of nitrogens with two attached hydrogens (primary N) is 1. The highest BCUT2D eigenvalue weighted by molar-refractivity contribution is 7.98. The van der Waals surface area contributed by atoms with Gasteiger partial charge in [-0.25, -0.2) is 10.1 Å². The molecule has 2 aromatic heterocycles. The number of rotatable bonds is 8. The number of benzene rings is 2. The Labute approximate surface area is 194 Å². The number of aryl methyl sites for hydroxylation is 1. The molecule has 0 spiro atoms. The first-order chi connectivity index (χ1) is 16.1. The summed E-state index contributed by atoms with van der Waals surface area (Å²) in [7, 11) is 0. The largest absolute Gasteiger partial charge is 0.378 e. The molecular weight excluding hydrogens is 440 g/mol. The Hall–Kier alpha value is -3.99. The van der Waals surface area contributed by atoms with E-state index in [1.54, 1.807) is 0 Å². The second-order valence-electron chi connectivity index (χ2n) is 7.09. The highest BCUT2D eigenvalue weighted by Gasteiger charge is 2.24. The van der Waals surface area contributed by atoms with Gasteiger partial charge in [-0.15, -0.1) is 16.9 Å². The number of hydrogen-bond donors (Lipinski definition) is 2. The third-order valence-electron chi connectivity index (χ3n) is 4.81. The SMILES string of the molecule is CC/C(=N/NC(=O)c1nnn(-c2nonc2N)c1CSc1ccc(C)cc1)c1ccccc1. The standard InChI is InChI=1S/C22H22N8O2S/c1-3-17(15-7-5-4-6-8-15)24-26-22(31)19-18(13-33-16-11-9-14(2)10-12-16)30(29-25-19)21-20(23)27-32-28-21/h4-12H,3,13H2,1-2H3,(H2,23,27)(H,26,31)/b24-17-. The van der Waals surface area contributed by atoms with E-state index in [0.29, 0.717) is 17.9 Å². The van der Waals surface area contributed by atoms with Crippen LogP contribution in [0, 0.1) is 6.92 Å². The average molecular weight is 463 g/mol. The molecule has 0 unspecified atom stereocenters. The molecule has 0 aliphatic rings. The van der Waals surface area contributed by atoms with Gasteiger partial charge in [0.2, 0.25) is 11.6 Å². The van der Waals surface area contributed by atoms with Gasteiger partial charge in [-0.1, -0.05) is 60.2 Å². The number of aromatic nitrogens is 5. The first kappa shape index (κ1) is 22.2. The molecule has 0 aliphatic carbocycles. The lowest BCUT2D eigenvalue weighted by Crippen LogP contribution is -2.22. The van der Waals surface area contributed by atoms with Crippen molar-refractivity contribution in [3.8, 4) is 5.82 Å². The topological polar surface area (TPSA) is 137 Å². The number of hydrazone groups is 1. The van der Waals surface area contributed by atoms with Crippen molar-refractivity contribution < 1.29 is 9.42 Å². The molecule has 1 amide bonds. The number of nitrogen functional groups attached to an aromatic ring is 1. The molecule has 0 atom stereocenters. The van der Waals surface area contributed by atoms with Gasteiger partial charge >= 0.3 is 0 Å². The fraction of sp³-hybridized carbons (Fsp3) is 0.182. The predicted octanol–water partition coefficient (Wildman–Crippen LogP) is 3.38. The van der Waals surface area contributed by atoms with E-state index in [4.69, 9.17) is 10.4 Å². The minimum absolute atomic E-state index is 0.0452. The van der Waals surface area contributed by atoms with Crippen LogP contribution in [0.15, 0.2) is 69.2 Å². The number of nitrogens with zero attached hydrogens (tertiary/aromatic N) is 6. The third-order valence-corrected chi connectivity index (χ3v) is 5.83. The van der Waals surface area contributed by atoms with Crippen molar-refractivity contribution in [1.29, 1.82) is 0 Å². The van der Waals surface area contributed by atoms with E-state index in [9.17, 15) is 4.79 Å². The van der Waals surface area contributed by atoms with Crippen molar-refractivity contribution in [2.24, 2.45) is 5.10 Å². The Morgan fingerprint density at radius 3 is 2.58 bits per heavy atom. The summed E-state index contributed by atoms with van der Waals surface area (Å²) < 4.78 is 6.06. The van der Waals surface area contributed by atoms with Crippen LogP contribution in [0.5, 0.6) is 0 Å². The van der Waals surface area contributed by atoms with E-state index in [0.717, 1.165) is 21.7 Å². The summed E-state index contributed by atoms with van der Waals surface area (Å²) in [6.07, 6.45) is 0.647. The molecular formula is C22H22N8O2S. The molecule has 0 fully saturated rings. The number of carbonyl (C=O) groups is 1. The zero-order valence-corrected chi connectivity index (χ0v) is 18.9. The van der Waals surface area contributed by atoms with E-state index >= 15 is 0 Å². The molecule has 168 valence electrons. The van der Waals surface area contributed by atoms with E-state index in [2.05, 4.69) is 31.2 Å². The second-order valence-corrected chi connectivity index (χ2v) is 8.14. The molecule has 0 aliphatic heterocycles. The van der Waals surface area contributed by atoms with Gasteiger partial charge in [0.25, 0.3) is 5.91 Å². The van der Waals surface area contributed by atoms with Crippen LogP contribution in [-0.2, 0) is 5.75 Å². The van der Waals surface area contributed by atoms with Crippen molar-refractivity contribution in [2.75, 3.05) is 5.73 Å². The summed E-state index contributed by atoms with van der Waals surface area (Å²) in [4.78, 5) is 14.0. The predicted molar refractivity (Wildman–Crippen MR) is 125 cm³/mol. The van der Waals surface area contributed by atoms with E-state index in [-0.39, 0.29) is 17.3 Å². The fourth-order valence-corrected chi connectivity index (χ4v) is 3.94. The summed E-state index contributed by atoms with van der Waals surface area (Å²) in [6, 6.07) is 17.7. The Kier molecular flexibility index (Phi) is 6.79. The molecule has 11 heteroatoms. The molecule has 4 rings (SSSR count). The Morgan fingerprint density at radius 1 is 1.15 bits per heavy atom. The number of amides is 1. The third kappa shape index (κ3) is 5.09. The number of nitrogens with one attached hydrogen (secondary N) is 1. The smallest absolute Gasteiger partial charge is 0.293 e. The molecule has 3 N–H and O–H groups in total. The van der Waals surface area contributed by atoms with Crippen LogP contribution in [0.25, 0.3) is 5.82 Å². The van der Waals surface area contributed by atoms with Crippen molar-refractivity contribution in [3.05, 3.63) is 77.1 Å². The molecule has 2 heterocycles.